The fraction of sp³-hybridized carbons (Fsp3) is 0.273. The summed E-state index contributed by atoms with van der Waals surface area (Å²) < 4.78 is 4.98. The first-order chi connectivity index (χ1) is 8.28. The SMILES string of the molecule is Cc1noc(CCNc2ccc(C#N)nc2)n1. The predicted octanol–water partition coefficient (Wildman–Crippen LogP) is 1.30. The lowest BCUT2D eigenvalue weighted by Crippen LogP contribution is -2.05. The van der Waals surface area contributed by atoms with Gasteiger partial charge < -0.3 is 9.84 Å². The Hall–Kier alpha value is -2.42. The molecule has 86 valence electrons. The van der Waals surface area contributed by atoms with Crippen LogP contribution in [0.15, 0.2) is 22.9 Å². The Morgan fingerprint density at radius 1 is 1.47 bits per heavy atom. The van der Waals surface area contributed by atoms with Crippen LogP contribution in [0.3, 0.4) is 0 Å². The average molecular weight is 229 g/mol. The Balaban J connectivity index is 1.84. The van der Waals surface area contributed by atoms with Crippen LogP contribution < -0.4 is 5.32 Å². The summed E-state index contributed by atoms with van der Waals surface area (Å²) in [5, 5.41) is 15.5. The third-order valence-electron chi connectivity index (χ3n) is 2.12. The van der Waals surface area contributed by atoms with Crippen molar-refractivity contribution in [2.75, 3.05) is 11.9 Å². The highest BCUT2D eigenvalue weighted by Gasteiger charge is 2.01. The highest BCUT2D eigenvalue weighted by atomic mass is 16.5. The minimum atomic E-state index is 0.406. The van der Waals surface area contributed by atoms with E-state index in [1.807, 2.05) is 12.1 Å². The molecule has 0 saturated carbocycles. The molecule has 0 aliphatic carbocycles. The summed E-state index contributed by atoms with van der Waals surface area (Å²) >= 11 is 0. The molecule has 0 fully saturated rings. The second-order valence-corrected chi connectivity index (χ2v) is 3.46. The third-order valence-corrected chi connectivity index (χ3v) is 2.12. The average Bonchev–Trinajstić information content (AvgIpc) is 2.76. The molecule has 2 aromatic rings. The van der Waals surface area contributed by atoms with E-state index in [9.17, 15) is 0 Å². The number of nitriles is 1. The summed E-state index contributed by atoms with van der Waals surface area (Å²) in [6.07, 6.45) is 2.28. The van der Waals surface area contributed by atoms with E-state index < -0.39 is 0 Å². The van der Waals surface area contributed by atoms with E-state index in [0.717, 1.165) is 5.69 Å². The van der Waals surface area contributed by atoms with Crippen molar-refractivity contribution in [3.63, 3.8) is 0 Å². The molecular formula is C11H11N5O. The molecule has 0 aliphatic heterocycles. The lowest BCUT2D eigenvalue weighted by molar-refractivity contribution is 0.377. The molecule has 0 bridgehead atoms. The van der Waals surface area contributed by atoms with Gasteiger partial charge in [-0.05, 0) is 19.1 Å². The van der Waals surface area contributed by atoms with E-state index in [1.54, 1.807) is 19.2 Å². The number of hydrogen-bond acceptors (Lipinski definition) is 6. The first kappa shape index (κ1) is 11.1. The van der Waals surface area contributed by atoms with Crippen LogP contribution >= 0.6 is 0 Å². The molecule has 0 radical (unpaired) electrons. The topological polar surface area (TPSA) is 87.6 Å². The third kappa shape index (κ3) is 3.01. The van der Waals surface area contributed by atoms with Gasteiger partial charge in [0.2, 0.25) is 5.89 Å². The minimum absolute atomic E-state index is 0.406. The molecular weight excluding hydrogens is 218 g/mol. The molecule has 2 rings (SSSR count). The lowest BCUT2D eigenvalue weighted by atomic mass is 10.3. The molecule has 0 aromatic carbocycles. The summed E-state index contributed by atoms with van der Waals surface area (Å²) in [4.78, 5) is 8.04. The maximum Gasteiger partial charge on any atom is 0.228 e. The number of hydrogen-bond donors (Lipinski definition) is 1. The van der Waals surface area contributed by atoms with Crippen molar-refractivity contribution in [2.24, 2.45) is 0 Å². The smallest absolute Gasteiger partial charge is 0.228 e. The molecule has 0 aliphatic rings. The van der Waals surface area contributed by atoms with Gasteiger partial charge in [-0.3, -0.25) is 0 Å². The van der Waals surface area contributed by atoms with Crippen LogP contribution in [0.25, 0.3) is 0 Å². The zero-order valence-corrected chi connectivity index (χ0v) is 9.34. The van der Waals surface area contributed by atoms with E-state index in [0.29, 0.717) is 30.4 Å². The predicted molar refractivity (Wildman–Crippen MR) is 60.2 cm³/mol. The quantitative estimate of drug-likeness (QED) is 0.850. The maximum atomic E-state index is 8.60. The number of rotatable bonds is 4. The Labute approximate surface area is 98.3 Å². The van der Waals surface area contributed by atoms with E-state index in [1.165, 1.54) is 0 Å². The number of nitrogens with one attached hydrogen (secondary N) is 1. The summed E-state index contributed by atoms with van der Waals surface area (Å²) in [7, 11) is 0. The van der Waals surface area contributed by atoms with E-state index >= 15 is 0 Å². The van der Waals surface area contributed by atoms with Crippen molar-refractivity contribution < 1.29 is 4.52 Å². The van der Waals surface area contributed by atoms with Gasteiger partial charge in [0.15, 0.2) is 5.82 Å². The van der Waals surface area contributed by atoms with Crippen molar-refractivity contribution in [3.8, 4) is 6.07 Å². The Morgan fingerprint density at radius 3 is 2.94 bits per heavy atom. The zero-order valence-electron chi connectivity index (χ0n) is 9.34. The molecule has 6 nitrogen and oxygen atoms in total. The fourth-order valence-corrected chi connectivity index (χ4v) is 1.32. The maximum absolute atomic E-state index is 8.60. The van der Waals surface area contributed by atoms with Crippen LogP contribution in [0, 0.1) is 18.3 Å². The van der Waals surface area contributed by atoms with Crippen LogP contribution in [-0.4, -0.2) is 21.7 Å². The first-order valence-corrected chi connectivity index (χ1v) is 5.17. The number of aromatic nitrogens is 3. The van der Waals surface area contributed by atoms with Crippen LogP contribution in [-0.2, 0) is 6.42 Å². The van der Waals surface area contributed by atoms with Crippen LogP contribution in [0.1, 0.15) is 17.4 Å². The lowest BCUT2D eigenvalue weighted by Gasteiger charge is -2.03. The molecule has 1 N–H and O–H groups in total. The summed E-state index contributed by atoms with van der Waals surface area (Å²) in [6.45, 7) is 2.46. The van der Waals surface area contributed by atoms with Gasteiger partial charge in [-0.2, -0.15) is 10.2 Å². The van der Waals surface area contributed by atoms with Gasteiger partial charge in [0.1, 0.15) is 11.8 Å². The number of pyridine rings is 1. The normalized spacial score (nSPS) is 9.88. The van der Waals surface area contributed by atoms with Gasteiger partial charge in [0, 0.05) is 13.0 Å². The van der Waals surface area contributed by atoms with Crippen molar-refractivity contribution >= 4 is 5.69 Å². The van der Waals surface area contributed by atoms with Gasteiger partial charge >= 0.3 is 0 Å². The zero-order chi connectivity index (χ0) is 12.1. The van der Waals surface area contributed by atoms with Crippen LogP contribution in [0.2, 0.25) is 0 Å². The Bertz CT molecular complexity index is 526. The highest BCUT2D eigenvalue weighted by Crippen LogP contribution is 2.05. The summed E-state index contributed by atoms with van der Waals surface area (Å²) in [5.74, 6) is 1.25. The molecule has 0 spiro atoms. The molecule has 0 amide bonds. The first-order valence-electron chi connectivity index (χ1n) is 5.17. The highest BCUT2D eigenvalue weighted by molar-refractivity contribution is 5.42. The Morgan fingerprint density at radius 2 is 2.35 bits per heavy atom. The molecule has 2 heterocycles. The largest absolute Gasteiger partial charge is 0.383 e. The van der Waals surface area contributed by atoms with Crippen molar-refractivity contribution in [3.05, 3.63) is 35.7 Å². The minimum Gasteiger partial charge on any atom is -0.383 e. The molecule has 2 aromatic heterocycles. The van der Waals surface area contributed by atoms with Crippen molar-refractivity contribution in [2.45, 2.75) is 13.3 Å². The van der Waals surface area contributed by atoms with Gasteiger partial charge in [-0.1, -0.05) is 5.16 Å². The standard InChI is InChI=1S/C11H11N5O/c1-8-15-11(17-16-8)4-5-13-10-3-2-9(6-12)14-7-10/h2-3,7,13H,4-5H2,1H3. The van der Waals surface area contributed by atoms with E-state index in [2.05, 4.69) is 20.4 Å². The summed E-state index contributed by atoms with van der Waals surface area (Å²) in [6, 6.07) is 5.44. The van der Waals surface area contributed by atoms with E-state index in [4.69, 9.17) is 9.78 Å². The molecule has 0 atom stereocenters. The summed E-state index contributed by atoms with van der Waals surface area (Å²) in [5.41, 5.74) is 1.27. The molecule has 0 saturated heterocycles. The van der Waals surface area contributed by atoms with Gasteiger partial charge in [0.25, 0.3) is 0 Å². The molecule has 0 unspecified atom stereocenters. The second kappa shape index (κ2) is 5.07. The number of anilines is 1. The molecule has 6 heteroatoms. The van der Waals surface area contributed by atoms with Gasteiger partial charge in [-0.25, -0.2) is 4.98 Å². The van der Waals surface area contributed by atoms with Crippen molar-refractivity contribution in [1.82, 2.24) is 15.1 Å². The van der Waals surface area contributed by atoms with Gasteiger partial charge in [0.05, 0.1) is 11.9 Å². The number of aryl methyl sites for hydroxylation is 1. The molecule has 17 heavy (non-hydrogen) atoms. The monoisotopic (exact) mass is 229 g/mol. The second-order valence-electron chi connectivity index (χ2n) is 3.46. The van der Waals surface area contributed by atoms with Crippen LogP contribution in [0.4, 0.5) is 5.69 Å². The number of nitrogens with zero attached hydrogens (tertiary/aromatic N) is 4. The van der Waals surface area contributed by atoms with Gasteiger partial charge in [-0.15, -0.1) is 0 Å². The fourth-order valence-electron chi connectivity index (χ4n) is 1.32. The van der Waals surface area contributed by atoms with Crippen LogP contribution in [0.5, 0.6) is 0 Å². The van der Waals surface area contributed by atoms with E-state index in [-0.39, 0.29) is 0 Å². The van der Waals surface area contributed by atoms with Crippen molar-refractivity contribution in [1.29, 1.82) is 5.26 Å². The Kier molecular flexibility index (Phi) is 3.31.